The molecule has 2 atom stereocenters. The number of hydrogen-bond acceptors (Lipinski definition) is 5. The van der Waals surface area contributed by atoms with Crippen LogP contribution in [0.2, 0.25) is 0 Å². The van der Waals surface area contributed by atoms with Crippen LogP contribution in [0.5, 0.6) is 0 Å². The Kier molecular flexibility index (Phi) is 7.15. The van der Waals surface area contributed by atoms with Gasteiger partial charge in [0.25, 0.3) is 0 Å². The number of hydrogen-bond donors (Lipinski definition) is 1. The molecule has 0 aliphatic carbocycles. The maximum absolute atomic E-state index is 12.5. The number of ether oxygens (including phenoxy) is 1. The van der Waals surface area contributed by atoms with Crippen molar-refractivity contribution in [2.75, 3.05) is 32.1 Å². The number of thioether (sulfide) groups is 1. The van der Waals surface area contributed by atoms with E-state index in [1.165, 1.54) is 22.9 Å². The Morgan fingerprint density at radius 1 is 1.29 bits per heavy atom. The number of morpholine rings is 1. The minimum Gasteiger partial charge on any atom is -0.379 e. The lowest BCUT2D eigenvalue weighted by atomic mass is 10.1. The van der Waals surface area contributed by atoms with Crippen molar-refractivity contribution in [2.24, 2.45) is 0 Å². The average Bonchev–Trinajstić information content (AvgIpc) is 3.17. The molecule has 2 heterocycles. The van der Waals surface area contributed by atoms with E-state index in [4.69, 9.17) is 4.74 Å². The summed E-state index contributed by atoms with van der Waals surface area (Å²) >= 11 is 1.47. The Balaban J connectivity index is 1.57. The molecule has 0 saturated carbocycles. The van der Waals surface area contributed by atoms with Crippen molar-refractivity contribution in [1.29, 1.82) is 0 Å². The molecule has 0 radical (unpaired) electrons. The van der Waals surface area contributed by atoms with Crippen LogP contribution in [-0.2, 0) is 9.53 Å². The molecule has 1 N–H and O–H groups in total. The van der Waals surface area contributed by atoms with E-state index in [1.54, 1.807) is 6.20 Å². The maximum Gasteiger partial charge on any atom is 0.230 e. The van der Waals surface area contributed by atoms with Crippen LogP contribution in [0, 0.1) is 13.8 Å². The number of aryl methyl sites for hydroxylation is 1. The molecule has 1 amide bonds. The summed E-state index contributed by atoms with van der Waals surface area (Å²) in [6.45, 7) is 11.8. The number of imidazole rings is 1. The van der Waals surface area contributed by atoms with Gasteiger partial charge in [0.2, 0.25) is 5.91 Å². The van der Waals surface area contributed by atoms with E-state index < -0.39 is 0 Å². The molecule has 2 unspecified atom stereocenters. The van der Waals surface area contributed by atoms with Gasteiger partial charge in [0.05, 0.1) is 24.7 Å². The van der Waals surface area contributed by atoms with Crippen LogP contribution < -0.4 is 5.32 Å². The Morgan fingerprint density at radius 2 is 2.04 bits per heavy atom. The molecule has 152 valence electrons. The first kappa shape index (κ1) is 20.9. The Bertz CT molecular complexity index is 801. The molecule has 0 bridgehead atoms. The fraction of sp³-hybridized carbons (Fsp3) is 0.524. The number of nitrogens with one attached hydrogen (secondary N) is 1. The fourth-order valence-electron chi connectivity index (χ4n) is 3.42. The number of rotatable bonds is 7. The maximum atomic E-state index is 12.5. The molecule has 1 saturated heterocycles. The second kappa shape index (κ2) is 9.58. The van der Waals surface area contributed by atoms with Crippen LogP contribution in [0.3, 0.4) is 0 Å². The van der Waals surface area contributed by atoms with Crippen molar-refractivity contribution in [3.05, 3.63) is 41.7 Å². The average molecular weight is 403 g/mol. The molecule has 3 rings (SSSR count). The van der Waals surface area contributed by atoms with Gasteiger partial charge in [0, 0.05) is 37.6 Å². The van der Waals surface area contributed by atoms with Gasteiger partial charge in [-0.15, -0.1) is 0 Å². The first-order chi connectivity index (χ1) is 13.5. The van der Waals surface area contributed by atoms with Crippen LogP contribution in [0.25, 0.3) is 5.69 Å². The largest absolute Gasteiger partial charge is 0.379 e. The third kappa shape index (κ3) is 4.96. The molecular formula is C21H30N4O2S. The zero-order chi connectivity index (χ0) is 20.1. The smallest absolute Gasteiger partial charge is 0.230 e. The van der Waals surface area contributed by atoms with Gasteiger partial charge in [-0.1, -0.05) is 23.9 Å². The van der Waals surface area contributed by atoms with Gasteiger partial charge in [0.1, 0.15) is 0 Å². The molecule has 7 heteroatoms. The summed E-state index contributed by atoms with van der Waals surface area (Å²) in [7, 11) is 0. The van der Waals surface area contributed by atoms with Gasteiger partial charge < -0.3 is 10.1 Å². The summed E-state index contributed by atoms with van der Waals surface area (Å²) in [6.07, 6.45) is 3.73. The molecule has 1 aliphatic rings. The second-order valence-electron chi connectivity index (χ2n) is 7.33. The first-order valence-corrected chi connectivity index (χ1v) is 10.8. The van der Waals surface area contributed by atoms with Crippen molar-refractivity contribution < 1.29 is 9.53 Å². The van der Waals surface area contributed by atoms with Gasteiger partial charge in [-0.3, -0.25) is 14.3 Å². The molecule has 0 spiro atoms. The molecule has 28 heavy (non-hydrogen) atoms. The number of aromatic nitrogens is 2. The van der Waals surface area contributed by atoms with Gasteiger partial charge in [-0.25, -0.2) is 4.98 Å². The normalized spacial score (nSPS) is 17.3. The summed E-state index contributed by atoms with van der Waals surface area (Å²) in [4.78, 5) is 19.3. The van der Waals surface area contributed by atoms with Gasteiger partial charge in [-0.2, -0.15) is 0 Å². The second-order valence-corrected chi connectivity index (χ2v) is 8.28. The molecule has 6 nitrogen and oxygen atoms in total. The van der Waals surface area contributed by atoms with Gasteiger partial charge in [0.15, 0.2) is 5.16 Å². The summed E-state index contributed by atoms with van der Waals surface area (Å²) in [5.74, 6) is 0.385. The lowest BCUT2D eigenvalue weighted by Crippen LogP contribution is -2.52. The molecule has 1 aliphatic heterocycles. The SMILES string of the molecule is Cc1cccc(-n2ccnc2SCC(=O)NC(C)C(C)N2CCOCC2)c1C. The summed E-state index contributed by atoms with van der Waals surface area (Å²) in [5.41, 5.74) is 3.57. The summed E-state index contributed by atoms with van der Waals surface area (Å²) < 4.78 is 7.47. The van der Waals surface area contributed by atoms with Crippen LogP contribution in [0.15, 0.2) is 35.7 Å². The van der Waals surface area contributed by atoms with Crippen molar-refractivity contribution in [3.8, 4) is 5.69 Å². The highest BCUT2D eigenvalue weighted by Gasteiger charge is 2.23. The number of benzene rings is 1. The van der Waals surface area contributed by atoms with Crippen LogP contribution >= 0.6 is 11.8 Å². The van der Waals surface area contributed by atoms with Crippen molar-refractivity contribution in [3.63, 3.8) is 0 Å². The fourth-order valence-corrected chi connectivity index (χ4v) is 4.20. The number of carbonyl (C=O) groups excluding carboxylic acids is 1. The van der Waals surface area contributed by atoms with E-state index in [0.29, 0.717) is 5.75 Å². The molecule has 1 aromatic heterocycles. The highest BCUT2D eigenvalue weighted by molar-refractivity contribution is 7.99. The highest BCUT2D eigenvalue weighted by atomic mass is 32.2. The molecule has 1 fully saturated rings. The quantitative estimate of drug-likeness (QED) is 0.722. The van der Waals surface area contributed by atoms with Gasteiger partial charge in [-0.05, 0) is 44.9 Å². The summed E-state index contributed by atoms with van der Waals surface area (Å²) in [6, 6.07) is 6.61. The van der Waals surface area contributed by atoms with Crippen molar-refractivity contribution >= 4 is 17.7 Å². The van der Waals surface area contributed by atoms with Crippen LogP contribution in [0.1, 0.15) is 25.0 Å². The zero-order valence-corrected chi connectivity index (χ0v) is 18.0. The van der Waals surface area contributed by atoms with Crippen LogP contribution in [0.4, 0.5) is 0 Å². The Morgan fingerprint density at radius 3 is 2.79 bits per heavy atom. The van der Waals surface area contributed by atoms with E-state index in [9.17, 15) is 4.79 Å². The Hall–Kier alpha value is -1.83. The highest BCUT2D eigenvalue weighted by Crippen LogP contribution is 2.24. The lowest BCUT2D eigenvalue weighted by Gasteiger charge is -2.35. The third-order valence-electron chi connectivity index (χ3n) is 5.51. The molecular weight excluding hydrogens is 372 g/mol. The summed E-state index contributed by atoms with van der Waals surface area (Å²) in [5, 5.41) is 3.97. The molecule has 2 aromatic rings. The third-order valence-corrected chi connectivity index (χ3v) is 6.48. The zero-order valence-electron chi connectivity index (χ0n) is 17.1. The minimum absolute atomic E-state index is 0.0353. The number of amides is 1. The first-order valence-electron chi connectivity index (χ1n) is 9.81. The van der Waals surface area contributed by atoms with E-state index in [2.05, 4.69) is 59.6 Å². The van der Waals surface area contributed by atoms with Crippen molar-refractivity contribution in [2.45, 2.75) is 44.9 Å². The van der Waals surface area contributed by atoms with Gasteiger partial charge >= 0.3 is 0 Å². The van der Waals surface area contributed by atoms with E-state index in [0.717, 1.165) is 37.1 Å². The van der Waals surface area contributed by atoms with Crippen molar-refractivity contribution in [1.82, 2.24) is 19.8 Å². The van der Waals surface area contributed by atoms with E-state index in [-0.39, 0.29) is 18.0 Å². The number of carbonyl (C=O) groups is 1. The van der Waals surface area contributed by atoms with E-state index >= 15 is 0 Å². The predicted octanol–water partition coefficient (Wildman–Crippen LogP) is 2.81. The number of nitrogens with zero attached hydrogens (tertiary/aromatic N) is 3. The standard InChI is InChI=1S/C21H30N4O2S/c1-15-6-5-7-19(16(15)2)25-9-8-22-21(25)28-14-20(26)23-17(3)18(4)24-10-12-27-13-11-24/h5-9,17-18H,10-14H2,1-4H3,(H,23,26). The predicted molar refractivity (Wildman–Crippen MR) is 113 cm³/mol. The van der Waals surface area contributed by atoms with E-state index in [1.807, 2.05) is 12.3 Å². The topological polar surface area (TPSA) is 59.4 Å². The molecule has 1 aromatic carbocycles. The monoisotopic (exact) mass is 402 g/mol. The van der Waals surface area contributed by atoms with Crippen LogP contribution in [-0.4, -0.2) is 64.5 Å². The minimum atomic E-state index is 0.0353. The lowest BCUT2D eigenvalue weighted by molar-refractivity contribution is -0.119. The Labute approximate surface area is 171 Å².